The topological polar surface area (TPSA) is 45.7 Å². The van der Waals surface area contributed by atoms with Crippen molar-refractivity contribution >= 4 is 56.8 Å². The number of amides is 1. The van der Waals surface area contributed by atoms with Gasteiger partial charge in [-0.1, -0.05) is 31.3 Å². The van der Waals surface area contributed by atoms with Gasteiger partial charge in [0, 0.05) is 23.5 Å². The van der Waals surface area contributed by atoms with Crippen molar-refractivity contribution in [2.45, 2.75) is 18.7 Å². The molecule has 3 aromatic rings. The largest absolute Gasteiger partial charge is 0.497 e. The van der Waals surface area contributed by atoms with E-state index in [2.05, 4.69) is 18.7 Å². The van der Waals surface area contributed by atoms with Gasteiger partial charge in [-0.15, -0.1) is 24.2 Å². The number of carbonyl (C=O) groups excluding carboxylic acids is 1. The predicted molar refractivity (Wildman–Crippen MR) is 131 cm³/mol. The third kappa shape index (κ3) is 5.66. The SMILES string of the molecule is CCN(CC)CCN(C(=O)c1cccc(SC)c1)c1nc2ccc(OC)cc2s1.Cl. The van der Waals surface area contributed by atoms with Crippen molar-refractivity contribution in [2.24, 2.45) is 0 Å². The van der Waals surface area contributed by atoms with Crippen LogP contribution in [0.3, 0.4) is 0 Å². The van der Waals surface area contributed by atoms with Crippen molar-refractivity contribution in [3.63, 3.8) is 0 Å². The Morgan fingerprint density at radius 3 is 2.57 bits per heavy atom. The van der Waals surface area contributed by atoms with E-state index in [1.807, 2.05) is 53.6 Å². The second kappa shape index (κ2) is 11.6. The molecule has 5 nitrogen and oxygen atoms in total. The molecule has 0 bridgehead atoms. The van der Waals surface area contributed by atoms with E-state index in [0.717, 1.165) is 45.6 Å². The highest BCUT2D eigenvalue weighted by Crippen LogP contribution is 2.32. The molecule has 0 unspecified atom stereocenters. The molecule has 30 heavy (non-hydrogen) atoms. The van der Waals surface area contributed by atoms with Crippen LogP contribution >= 0.6 is 35.5 Å². The molecule has 0 fully saturated rings. The van der Waals surface area contributed by atoms with Gasteiger partial charge in [-0.25, -0.2) is 4.98 Å². The number of likely N-dealkylation sites (N-methyl/N-ethyl adjacent to an activating group) is 1. The van der Waals surface area contributed by atoms with E-state index in [-0.39, 0.29) is 18.3 Å². The van der Waals surface area contributed by atoms with Crippen LogP contribution < -0.4 is 9.64 Å². The fourth-order valence-corrected chi connectivity index (χ4v) is 4.59. The Morgan fingerprint density at radius 2 is 1.90 bits per heavy atom. The van der Waals surface area contributed by atoms with Crippen LogP contribution in [0.4, 0.5) is 5.13 Å². The van der Waals surface area contributed by atoms with Gasteiger partial charge in [0.1, 0.15) is 5.75 Å². The number of nitrogens with zero attached hydrogens (tertiary/aromatic N) is 3. The second-order valence-electron chi connectivity index (χ2n) is 6.55. The minimum Gasteiger partial charge on any atom is -0.497 e. The van der Waals surface area contributed by atoms with Gasteiger partial charge in [-0.3, -0.25) is 9.69 Å². The molecule has 0 saturated heterocycles. The Bertz CT molecular complexity index is 976. The molecule has 162 valence electrons. The smallest absolute Gasteiger partial charge is 0.260 e. The van der Waals surface area contributed by atoms with E-state index in [1.165, 1.54) is 11.3 Å². The van der Waals surface area contributed by atoms with Crippen molar-refractivity contribution in [1.29, 1.82) is 0 Å². The van der Waals surface area contributed by atoms with Crippen LogP contribution in [0.5, 0.6) is 5.75 Å². The summed E-state index contributed by atoms with van der Waals surface area (Å²) in [6.45, 7) is 7.60. The van der Waals surface area contributed by atoms with E-state index in [4.69, 9.17) is 9.72 Å². The molecule has 0 atom stereocenters. The number of ether oxygens (including phenoxy) is 1. The number of halogens is 1. The van der Waals surface area contributed by atoms with Crippen LogP contribution in [0.1, 0.15) is 24.2 Å². The summed E-state index contributed by atoms with van der Waals surface area (Å²) in [4.78, 5) is 23.4. The quantitative estimate of drug-likeness (QED) is 0.394. The van der Waals surface area contributed by atoms with E-state index in [9.17, 15) is 4.79 Å². The maximum Gasteiger partial charge on any atom is 0.260 e. The highest BCUT2D eigenvalue weighted by molar-refractivity contribution is 7.98. The average Bonchev–Trinajstić information content (AvgIpc) is 3.19. The molecule has 0 aliphatic heterocycles. The van der Waals surface area contributed by atoms with Crippen LogP contribution in [-0.2, 0) is 0 Å². The molecule has 0 saturated carbocycles. The summed E-state index contributed by atoms with van der Waals surface area (Å²) >= 11 is 3.16. The van der Waals surface area contributed by atoms with Gasteiger partial charge < -0.3 is 9.64 Å². The first kappa shape index (κ1) is 24.5. The van der Waals surface area contributed by atoms with Gasteiger partial charge in [0.2, 0.25) is 0 Å². The van der Waals surface area contributed by atoms with Gasteiger partial charge in [0.05, 0.1) is 17.3 Å². The number of rotatable bonds is 9. The van der Waals surface area contributed by atoms with Crippen molar-refractivity contribution < 1.29 is 9.53 Å². The molecular formula is C22H28ClN3O2S2. The maximum absolute atomic E-state index is 13.4. The lowest BCUT2D eigenvalue weighted by Crippen LogP contribution is -2.38. The second-order valence-corrected chi connectivity index (χ2v) is 8.43. The number of thiazole rings is 1. The Balaban J connectivity index is 0.00000320. The zero-order valence-corrected chi connectivity index (χ0v) is 20.2. The van der Waals surface area contributed by atoms with Crippen molar-refractivity contribution in [2.75, 3.05) is 44.4 Å². The van der Waals surface area contributed by atoms with Crippen molar-refractivity contribution in [1.82, 2.24) is 9.88 Å². The van der Waals surface area contributed by atoms with E-state index < -0.39 is 0 Å². The fourth-order valence-electron chi connectivity index (χ4n) is 3.11. The third-order valence-corrected chi connectivity index (χ3v) is 6.68. The lowest BCUT2D eigenvalue weighted by Gasteiger charge is -2.24. The Kier molecular flexibility index (Phi) is 9.42. The lowest BCUT2D eigenvalue weighted by atomic mass is 10.2. The highest BCUT2D eigenvalue weighted by Gasteiger charge is 2.22. The van der Waals surface area contributed by atoms with Gasteiger partial charge in [0.25, 0.3) is 5.91 Å². The number of thioether (sulfide) groups is 1. The molecule has 8 heteroatoms. The van der Waals surface area contributed by atoms with Crippen LogP contribution in [0.15, 0.2) is 47.4 Å². The molecule has 0 aliphatic rings. The normalized spacial score (nSPS) is 10.8. The molecule has 3 rings (SSSR count). The predicted octanol–water partition coefficient (Wildman–Crippen LogP) is 5.44. The fraction of sp³-hybridized carbons (Fsp3) is 0.364. The van der Waals surface area contributed by atoms with Crippen LogP contribution in [0, 0.1) is 0 Å². The van der Waals surface area contributed by atoms with Gasteiger partial charge in [0.15, 0.2) is 5.13 Å². The Hall–Kier alpha value is -1.80. The van der Waals surface area contributed by atoms with Crippen LogP contribution in [0.25, 0.3) is 10.2 Å². The number of aromatic nitrogens is 1. The zero-order valence-electron chi connectivity index (χ0n) is 17.8. The number of hydrogen-bond acceptors (Lipinski definition) is 6. The number of methoxy groups -OCH3 is 1. The van der Waals surface area contributed by atoms with Crippen molar-refractivity contribution in [3.05, 3.63) is 48.0 Å². The summed E-state index contributed by atoms with van der Waals surface area (Å²) in [5, 5.41) is 0.722. The van der Waals surface area contributed by atoms with Gasteiger partial charge >= 0.3 is 0 Å². The first-order valence-corrected chi connectivity index (χ1v) is 11.8. The Labute approximate surface area is 192 Å². The summed E-state index contributed by atoms with van der Waals surface area (Å²) < 4.78 is 6.34. The monoisotopic (exact) mass is 465 g/mol. The number of carbonyl (C=O) groups is 1. The van der Waals surface area contributed by atoms with E-state index in [0.29, 0.717) is 12.1 Å². The molecule has 1 aromatic heterocycles. The van der Waals surface area contributed by atoms with E-state index >= 15 is 0 Å². The molecule has 0 spiro atoms. The summed E-state index contributed by atoms with van der Waals surface area (Å²) in [5.41, 5.74) is 1.57. The van der Waals surface area contributed by atoms with Crippen molar-refractivity contribution in [3.8, 4) is 5.75 Å². The number of fused-ring (bicyclic) bond motifs is 1. The lowest BCUT2D eigenvalue weighted by molar-refractivity contribution is 0.0983. The highest BCUT2D eigenvalue weighted by atomic mass is 35.5. The summed E-state index contributed by atoms with van der Waals surface area (Å²) in [5.74, 6) is 0.778. The zero-order chi connectivity index (χ0) is 20.8. The molecule has 0 aliphatic carbocycles. The molecule has 1 heterocycles. The first-order valence-electron chi connectivity index (χ1n) is 9.72. The molecule has 0 N–H and O–H groups in total. The molecule has 1 amide bonds. The summed E-state index contributed by atoms with van der Waals surface area (Å²) in [6, 6.07) is 13.6. The number of anilines is 1. The summed E-state index contributed by atoms with van der Waals surface area (Å²) in [6.07, 6.45) is 2.02. The van der Waals surface area contributed by atoms with E-state index in [1.54, 1.807) is 18.9 Å². The number of hydrogen-bond donors (Lipinski definition) is 0. The minimum atomic E-state index is -0.0147. The standard InChI is InChI=1S/C22H27N3O2S2.ClH/c1-5-24(6-2)12-13-25(21(26)16-8-7-9-18(14-16)28-4)22-23-19-11-10-17(27-3)15-20(19)29-22;/h7-11,14-15H,5-6,12-13H2,1-4H3;1H. The average molecular weight is 466 g/mol. The molecular weight excluding hydrogens is 438 g/mol. The Morgan fingerprint density at radius 1 is 1.13 bits per heavy atom. The number of benzene rings is 2. The van der Waals surface area contributed by atoms with Gasteiger partial charge in [-0.05, 0) is 55.7 Å². The minimum absolute atomic E-state index is 0. The van der Waals surface area contributed by atoms with Crippen LogP contribution in [0.2, 0.25) is 0 Å². The third-order valence-electron chi connectivity index (χ3n) is 4.91. The first-order chi connectivity index (χ1) is 14.1. The molecule has 0 radical (unpaired) electrons. The van der Waals surface area contributed by atoms with Crippen LogP contribution in [-0.4, -0.2) is 55.3 Å². The summed E-state index contributed by atoms with van der Waals surface area (Å²) in [7, 11) is 1.65. The molecule has 2 aromatic carbocycles. The van der Waals surface area contributed by atoms with Gasteiger partial charge in [-0.2, -0.15) is 0 Å². The maximum atomic E-state index is 13.4.